The SMILES string of the molecule is FC(F)(F)c1nnc2ccc(N3CCN(c4ccc(-c5ccco5)nn4)CC3)nn12. The molecule has 0 bridgehead atoms. The number of furan rings is 1. The minimum Gasteiger partial charge on any atom is -0.463 e. The van der Waals surface area contributed by atoms with Crippen LogP contribution in [-0.2, 0) is 6.18 Å². The maximum Gasteiger partial charge on any atom is 0.453 e. The molecular formula is C18H15F3N8O. The summed E-state index contributed by atoms with van der Waals surface area (Å²) < 4.78 is 45.3. The van der Waals surface area contributed by atoms with E-state index in [1.807, 2.05) is 23.1 Å². The summed E-state index contributed by atoms with van der Waals surface area (Å²) in [6, 6.07) is 10.4. The van der Waals surface area contributed by atoms with E-state index >= 15 is 0 Å². The molecule has 1 fully saturated rings. The number of anilines is 2. The molecule has 9 nitrogen and oxygen atoms in total. The Morgan fingerprint density at radius 1 is 0.800 bits per heavy atom. The second kappa shape index (κ2) is 6.97. The second-order valence-corrected chi connectivity index (χ2v) is 6.71. The number of piperazine rings is 1. The lowest BCUT2D eigenvalue weighted by molar-refractivity contribution is -0.146. The molecule has 0 unspecified atom stereocenters. The number of hydrogen-bond acceptors (Lipinski definition) is 8. The highest BCUT2D eigenvalue weighted by molar-refractivity contribution is 5.54. The molecule has 1 aliphatic rings. The molecule has 0 amide bonds. The van der Waals surface area contributed by atoms with Gasteiger partial charge in [-0.25, -0.2) is 0 Å². The van der Waals surface area contributed by atoms with Gasteiger partial charge in [0.1, 0.15) is 11.5 Å². The van der Waals surface area contributed by atoms with Crippen molar-refractivity contribution < 1.29 is 17.6 Å². The molecule has 0 spiro atoms. The van der Waals surface area contributed by atoms with Crippen molar-refractivity contribution in [3.05, 3.63) is 48.5 Å². The monoisotopic (exact) mass is 416 g/mol. The Morgan fingerprint density at radius 3 is 2.17 bits per heavy atom. The number of halogens is 3. The third-order valence-electron chi connectivity index (χ3n) is 4.85. The van der Waals surface area contributed by atoms with Crippen LogP contribution in [0.25, 0.3) is 17.1 Å². The summed E-state index contributed by atoms with van der Waals surface area (Å²) in [5, 5.41) is 19.3. The zero-order chi connectivity index (χ0) is 20.7. The van der Waals surface area contributed by atoms with Gasteiger partial charge in [-0.05, 0) is 36.4 Å². The van der Waals surface area contributed by atoms with E-state index in [-0.39, 0.29) is 5.65 Å². The first kappa shape index (κ1) is 18.3. The fraction of sp³-hybridized carbons (Fsp3) is 0.278. The van der Waals surface area contributed by atoms with E-state index in [9.17, 15) is 13.2 Å². The minimum atomic E-state index is -4.62. The summed E-state index contributed by atoms with van der Waals surface area (Å²) in [5.74, 6) is 0.677. The molecule has 30 heavy (non-hydrogen) atoms. The Kier molecular flexibility index (Phi) is 4.26. The third kappa shape index (κ3) is 3.29. The van der Waals surface area contributed by atoms with E-state index in [2.05, 4.69) is 30.4 Å². The summed E-state index contributed by atoms with van der Waals surface area (Å²) in [7, 11) is 0. The van der Waals surface area contributed by atoms with Gasteiger partial charge in [0.15, 0.2) is 17.2 Å². The molecule has 0 radical (unpaired) electrons. The van der Waals surface area contributed by atoms with E-state index in [4.69, 9.17) is 4.42 Å². The lowest BCUT2D eigenvalue weighted by Gasteiger charge is -2.35. The maximum absolute atomic E-state index is 13.1. The van der Waals surface area contributed by atoms with Gasteiger partial charge in [0, 0.05) is 26.2 Å². The van der Waals surface area contributed by atoms with Crippen LogP contribution in [-0.4, -0.2) is 56.2 Å². The number of alkyl halides is 3. The van der Waals surface area contributed by atoms with Crippen LogP contribution < -0.4 is 9.80 Å². The van der Waals surface area contributed by atoms with Gasteiger partial charge in [0.25, 0.3) is 5.82 Å². The number of nitrogens with zero attached hydrogens (tertiary/aromatic N) is 8. The van der Waals surface area contributed by atoms with E-state index in [1.165, 1.54) is 6.07 Å². The van der Waals surface area contributed by atoms with Crippen LogP contribution in [0.2, 0.25) is 0 Å². The van der Waals surface area contributed by atoms with E-state index in [0.29, 0.717) is 43.5 Å². The van der Waals surface area contributed by atoms with Crippen molar-refractivity contribution in [1.29, 1.82) is 0 Å². The van der Waals surface area contributed by atoms with E-state index in [1.54, 1.807) is 18.4 Å². The number of hydrogen-bond donors (Lipinski definition) is 0. The molecule has 0 aliphatic carbocycles. The van der Waals surface area contributed by atoms with Gasteiger partial charge in [-0.1, -0.05) is 0 Å². The highest BCUT2D eigenvalue weighted by atomic mass is 19.4. The summed E-state index contributed by atoms with van der Waals surface area (Å²) in [5.41, 5.74) is 0.700. The van der Waals surface area contributed by atoms with Crippen molar-refractivity contribution in [2.45, 2.75) is 6.18 Å². The van der Waals surface area contributed by atoms with Crippen molar-refractivity contribution in [3.8, 4) is 11.5 Å². The molecule has 12 heteroatoms. The average molecular weight is 416 g/mol. The molecule has 4 aromatic rings. The summed E-state index contributed by atoms with van der Waals surface area (Å²) >= 11 is 0. The smallest absolute Gasteiger partial charge is 0.453 e. The third-order valence-corrected chi connectivity index (χ3v) is 4.85. The Morgan fingerprint density at radius 2 is 1.53 bits per heavy atom. The van der Waals surface area contributed by atoms with Crippen molar-refractivity contribution in [1.82, 2.24) is 30.0 Å². The highest BCUT2D eigenvalue weighted by Crippen LogP contribution is 2.28. The fourth-order valence-electron chi connectivity index (χ4n) is 3.34. The second-order valence-electron chi connectivity index (χ2n) is 6.71. The summed E-state index contributed by atoms with van der Waals surface area (Å²) in [6.45, 7) is 2.40. The standard InChI is InChI=1S/C18H15F3N8O/c19-18(20,21)17-25-24-15-5-6-16(26-29(15)17)28-9-7-27(8-10-28)14-4-3-12(22-23-14)13-2-1-11-30-13/h1-6,11H,7-10H2. The summed E-state index contributed by atoms with van der Waals surface area (Å²) in [6.07, 6.45) is -3.04. The quantitative estimate of drug-likeness (QED) is 0.504. The van der Waals surface area contributed by atoms with Gasteiger partial charge in [0.2, 0.25) is 0 Å². The first-order valence-corrected chi connectivity index (χ1v) is 9.16. The van der Waals surface area contributed by atoms with Crippen LogP contribution in [0.4, 0.5) is 24.8 Å². The highest BCUT2D eigenvalue weighted by Gasteiger charge is 2.37. The first-order valence-electron chi connectivity index (χ1n) is 9.16. The van der Waals surface area contributed by atoms with Crippen molar-refractivity contribution >= 4 is 17.3 Å². The first-order chi connectivity index (χ1) is 14.5. The molecule has 4 aromatic heterocycles. The molecule has 5 rings (SSSR count). The van der Waals surface area contributed by atoms with Crippen LogP contribution in [0.5, 0.6) is 0 Å². The molecular weight excluding hydrogens is 401 g/mol. The lowest BCUT2D eigenvalue weighted by Crippen LogP contribution is -2.47. The van der Waals surface area contributed by atoms with Crippen LogP contribution >= 0.6 is 0 Å². The summed E-state index contributed by atoms with van der Waals surface area (Å²) in [4.78, 5) is 3.98. The molecule has 0 aromatic carbocycles. The van der Waals surface area contributed by atoms with Crippen molar-refractivity contribution in [3.63, 3.8) is 0 Å². The van der Waals surface area contributed by atoms with E-state index < -0.39 is 12.0 Å². The van der Waals surface area contributed by atoms with Gasteiger partial charge < -0.3 is 14.2 Å². The zero-order valence-corrected chi connectivity index (χ0v) is 15.5. The normalized spacial score (nSPS) is 15.2. The largest absolute Gasteiger partial charge is 0.463 e. The lowest BCUT2D eigenvalue weighted by atomic mass is 10.2. The topological polar surface area (TPSA) is 88.5 Å². The van der Waals surface area contributed by atoms with Crippen molar-refractivity contribution in [2.24, 2.45) is 0 Å². The van der Waals surface area contributed by atoms with E-state index in [0.717, 1.165) is 10.3 Å². The van der Waals surface area contributed by atoms with Crippen LogP contribution in [0.1, 0.15) is 5.82 Å². The molecule has 0 saturated carbocycles. The predicted molar refractivity (Wildman–Crippen MR) is 99.9 cm³/mol. The molecule has 1 aliphatic heterocycles. The molecule has 0 N–H and O–H groups in total. The molecule has 154 valence electrons. The Bertz CT molecular complexity index is 1150. The average Bonchev–Trinajstić information content (AvgIpc) is 3.43. The van der Waals surface area contributed by atoms with Gasteiger partial charge >= 0.3 is 6.18 Å². The van der Waals surface area contributed by atoms with Gasteiger partial charge in [0.05, 0.1) is 6.26 Å². The Hall–Kier alpha value is -3.70. The van der Waals surface area contributed by atoms with Gasteiger partial charge in [-0.3, -0.25) is 0 Å². The van der Waals surface area contributed by atoms with Crippen LogP contribution in [0.15, 0.2) is 47.1 Å². The Balaban J connectivity index is 1.30. The van der Waals surface area contributed by atoms with Gasteiger partial charge in [-0.2, -0.15) is 17.7 Å². The zero-order valence-electron chi connectivity index (χ0n) is 15.5. The number of fused-ring (bicyclic) bond motifs is 1. The fourth-order valence-corrected chi connectivity index (χ4v) is 3.34. The van der Waals surface area contributed by atoms with Crippen LogP contribution in [0.3, 0.4) is 0 Å². The van der Waals surface area contributed by atoms with Gasteiger partial charge in [-0.15, -0.1) is 25.5 Å². The maximum atomic E-state index is 13.1. The van der Waals surface area contributed by atoms with Crippen LogP contribution in [0, 0.1) is 0 Å². The molecule has 5 heterocycles. The molecule has 1 saturated heterocycles. The Labute approximate surface area is 167 Å². The van der Waals surface area contributed by atoms with Crippen molar-refractivity contribution in [2.75, 3.05) is 36.0 Å². The minimum absolute atomic E-state index is 0.0524. The number of rotatable bonds is 3. The number of aromatic nitrogens is 6. The molecule has 0 atom stereocenters. The predicted octanol–water partition coefficient (Wildman–Crippen LogP) is 2.52.